The Morgan fingerprint density at radius 3 is 2.63 bits per heavy atom. The summed E-state index contributed by atoms with van der Waals surface area (Å²) in [5.41, 5.74) is 1.52. The minimum Gasteiger partial charge on any atom is -0.489 e. The first kappa shape index (κ1) is 23.3. The van der Waals surface area contributed by atoms with Crippen molar-refractivity contribution in [2.75, 3.05) is 0 Å². The van der Waals surface area contributed by atoms with Crippen LogP contribution in [0.2, 0.25) is 0 Å². The summed E-state index contributed by atoms with van der Waals surface area (Å²) in [6.45, 7) is 2.24. The van der Waals surface area contributed by atoms with Crippen LogP contribution in [0.3, 0.4) is 0 Å². The molecule has 2 atom stereocenters. The van der Waals surface area contributed by atoms with Gasteiger partial charge in [-0.25, -0.2) is 17.9 Å². The number of carbonyl (C=O) groups excluding carboxylic acids is 2. The number of fused-ring (bicyclic) bond motifs is 1. The molecule has 35 heavy (non-hydrogen) atoms. The zero-order chi connectivity index (χ0) is 24.6. The van der Waals surface area contributed by atoms with Crippen LogP contribution in [0.5, 0.6) is 5.75 Å². The summed E-state index contributed by atoms with van der Waals surface area (Å²) in [7, 11) is -3.93. The highest BCUT2D eigenvalue weighted by Gasteiger charge is 2.53. The molecular formula is C25H26N4O5S. The van der Waals surface area contributed by atoms with Gasteiger partial charge < -0.3 is 10.1 Å². The third kappa shape index (κ3) is 4.46. The van der Waals surface area contributed by atoms with Gasteiger partial charge in [-0.05, 0) is 56.2 Å². The standard InChI is InChI=1S/C25H26N4O5S/c1-16-14-17(20-6-2-3-7-21(20)26-16)15-34-18-9-11-19(12-10-18)35(32,33)29-22-8-4-5-13-25(22)23(30)27-24(31)28-25/h2-3,6-7,9-12,14,22,29H,4-5,8,13,15H2,1H3,(H2,27,28,30,31)/t22-,25-/m1/s1. The third-order valence-corrected chi connectivity index (χ3v) is 8.12. The molecule has 2 heterocycles. The number of benzene rings is 2. The second kappa shape index (κ2) is 8.94. The highest BCUT2D eigenvalue weighted by Crippen LogP contribution is 2.32. The summed E-state index contributed by atoms with van der Waals surface area (Å²) in [5, 5.41) is 5.89. The third-order valence-electron chi connectivity index (χ3n) is 6.63. The van der Waals surface area contributed by atoms with Gasteiger partial charge in [0.1, 0.15) is 17.9 Å². The average Bonchev–Trinajstić information content (AvgIpc) is 3.12. The molecule has 1 aromatic heterocycles. The van der Waals surface area contributed by atoms with Crippen LogP contribution in [0, 0.1) is 6.92 Å². The van der Waals surface area contributed by atoms with E-state index in [1.165, 1.54) is 12.1 Å². The lowest BCUT2D eigenvalue weighted by Crippen LogP contribution is -2.63. The zero-order valence-electron chi connectivity index (χ0n) is 19.2. The zero-order valence-corrected chi connectivity index (χ0v) is 20.0. The number of para-hydroxylation sites is 1. The van der Waals surface area contributed by atoms with E-state index in [9.17, 15) is 18.0 Å². The number of imide groups is 1. The SMILES string of the molecule is Cc1cc(COc2ccc(S(=O)(=O)N[C@@H]3CCCC[C@@]34NC(=O)NC4=O)cc2)c2ccccc2n1. The summed E-state index contributed by atoms with van der Waals surface area (Å²) >= 11 is 0. The van der Waals surface area contributed by atoms with E-state index in [1.54, 1.807) is 12.1 Å². The van der Waals surface area contributed by atoms with Gasteiger partial charge in [0.05, 0.1) is 16.5 Å². The van der Waals surface area contributed by atoms with Crippen LogP contribution in [-0.2, 0) is 21.4 Å². The van der Waals surface area contributed by atoms with Crippen molar-refractivity contribution < 1.29 is 22.7 Å². The number of aromatic nitrogens is 1. The molecule has 10 heteroatoms. The number of nitrogens with zero attached hydrogens (tertiary/aromatic N) is 1. The number of amides is 3. The average molecular weight is 495 g/mol. The number of urea groups is 1. The summed E-state index contributed by atoms with van der Waals surface area (Å²) < 4.78 is 34.8. The Kier molecular flexibility index (Phi) is 5.94. The van der Waals surface area contributed by atoms with Crippen molar-refractivity contribution in [3.05, 3.63) is 65.9 Å². The van der Waals surface area contributed by atoms with Gasteiger partial charge in [-0.1, -0.05) is 31.0 Å². The summed E-state index contributed by atoms with van der Waals surface area (Å²) in [5.74, 6) is 0.0385. The van der Waals surface area contributed by atoms with E-state index in [-0.39, 0.29) is 4.90 Å². The van der Waals surface area contributed by atoms with Crippen molar-refractivity contribution >= 4 is 32.9 Å². The molecule has 0 unspecified atom stereocenters. The number of rotatable bonds is 6. The molecule has 9 nitrogen and oxygen atoms in total. The molecule has 1 saturated carbocycles. The monoisotopic (exact) mass is 494 g/mol. The van der Waals surface area contributed by atoms with E-state index in [2.05, 4.69) is 20.3 Å². The molecule has 1 aliphatic carbocycles. The molecule has 2 fully saturated rings. The van der Waals surface area contributed by atoms with Crippen LogP contribution in [0.1, 0.15) is 36.9 Å². The number of ether oxygens (including phenoxy) is 1. The van der Waals surface area contributed by atoms with Crippen LogP contribution in [0.4, 0.5) is 4.79 Å². The van der Waals surface area contributed by atoms with Crippen molar-refractivity contribution in [1.29, 1.82) is 0 Å². The van der Waals surface area contributed by atoms with Gasteiger partial charge in [0, 0.05) is 16.6 Å². The smallest absolute Gasteiger partial charge is 0.322 e. The van der Waals surface area contributed by atoms with E-state index in [0.29, 0.717) is 25.2 Å². The number of sulfonamides is 1. The molecule has 3 amide bonds. The molecule has 3 N–H and O–H groups in total. The minimum atomic E-state index is -3.93. The maximum Gasteiger partial charge on any atom is 0.322 e. The Balaban J connectivity index is 1.30. The van der Waals surface area contributed by atoms with Crippen LogP contribution in [-0.4, -0.2) is 36.9 Å². The molecule has 1 aliphatic heterocycles. The van der Waals surface area contributed by atoms with Gasteiger partial charge in [-0.2, -0.15) is 0 Å². The van der Waals surface area contributed by atoms with E-state index >= 15 is 0 Å². The van der Waals surface area contributed by atoms with E-state index in [4.69, 9.17) is 4.74 Å². The van der Waals surface area contributed by atoms with Gasteiger partial charge in [0.25, 0.3) is 5.91 Å². The van der Waals surface area contributed by atoms with Gasteiger partial charge in [-0.3, -0.25) is 15.1 Å². The van der Waals surface area contributed by atoms with Gasteiger partial charge in [0.2, 0.25) is 10.0 Å². The molecule has 2 aromatic carbocycles. The summed E-state index contributed by atoms with van der Waals surface area (Å²) in [4.78, 5) is 28.8. The van der Waals surface area contributed by atoms with Crippen molar-refractivity contribution in [1.82, 2.24) is 20.3 Å². The van der Waals surface area contributed by atoms with E-state index in [1.807, 2.05) is 37.3 Å². The van der Waals surface area contributed by atoms with Crippen molar-refractivity contribution in [3.63, 3.8) is 0 Å². The lowest BCUT2D eigenvalue weighted by Gasteiger charge is -2.38. The van der Waals surface area contributed by atoms with Crippen molar-refractivity contribution in [2.24, 2.45) is 0 Å². The topological polar surface area (TPSA) is 126 Å². The molecule has 1 saturated heterocycles. The summed E-state index contributed by atoms with van der Waals surface area (Å²) in [6, 6.07) is 14.6. The fourth-order valence-corrected chi connectivity index (χ4v) is 6.23. The molecule has 5 rings (SSSR count). The highest BCUT2D eigenvalue weighted by molar-refractivity contribution is 7.89. The first-order chi connectivity index (χ1) is 16.8. The predicted molar refractivity (Wildman–Crippen MR) is 129 cm³/mol. The number of nitrogens with one attached hydrogen (secondary N) is 3. The van der Waals surface area contributed by atoms with E-state index in [0.717, 1.165) is 35.0 Å². The van der Waals surface area contributed by atoms with Crippen molar-refractivity contribution in [3.8, 4) is 5.75 Å². The Labute approximate surface area is 203 Å². The lowest BCUT2D eigenvalue weighted by atomic mass is 9.78. The van der Waals surface area contributed by atoms with Gasteiger partial charge >= 0.3 is 6.03 Å². The number of hydrogen-bond acceptors (Lipinski definition) is 6. The number of aryl methyl sites for hydroxylation is 1. The first-order valence-electron chi connectivity index (χ1n) is 11.5. The molecule has 2 aliphatic rings. The molecular weight excluding hydrogens is 468 g/mol. The number of carbonyl (C=O) groups is 2. The van der Waals surface area contributed by atoms with E-state index < -0.39 is 33.5 Å². The lowest BCUT2D eigenvalue weighted by molar-refractivity contribution is -0.125. The Morgan fingerprint density at radius 2 is 1.89 bits per heavy atom. The maximum absolute atomic E-state index is 13.1. The number of hydrogen-bond donors (Lipinski definition) is 3. The first-order valence-corrected chi connectivity index (χ1v) is 13.0. The number of pyridine rings is 1. The fraction of sp³-hybridized carbons (Fsp3) is 0.320. The molecule has 182 valence electrons. The molecule has 1 spiro atoms. The molecule has 0 bridgehead atoms. The highest BCUT2D eigenvalue weighted by atomic mass is 32.2. The largest absolute Gasteiger partial charge is 0.489 e. The van der Waals surface area contributed by atoms with Crippen LogP contribution < -0.4 is 20.1 Å². The Morgan fingerprint density at radius 1 is 1.11 bits per heavy atom. The molecule has 3 aromatic rings. The Bertz CT molecular complexity index is 1410. The van der Waals surface area contributed by atoms with Gasteiger partial charge in [0.15, 0.2) is 0 Å². The van der Waals surface area contributed by atoms with Crippen LogP contribution >= 0.6 is 0 Å². The minimum absolute atomic E-state index is 0.0560. The van der Waals surface area contributed by atoms with Gasteiger partial charge in [-0.15, -0.1) is 0 Å². The van der Waals surface area contributed by atoms with Crippen LogP contribution in [0.15, 0.2) is 59.5 Å². The Hall–Kier alpha value is -3.50. The van der Waals surface area contributed by atoms with Crippen molar-refractivity contribution in [2.45, 2.75) is 55.7 Å². The second-order valence-corrected chi connectivity index (χ2v) is 10.7. The quantitative estimate of drug-likeness (QED) is 0.453. The summed E-state index contributed by atoms with van der Waals surface area (Å²) in [6.07, 6.45) is 2.32. The maximum atomic E-state index is 13.1. The normalized spacial score (nSPS) is 22.3. The fourth-order valence-electron chi connectivity index (χ4n) is 4.90. The predicted octanol–water partition coefficient (Wildman–Crippen LogP) is 2.92. The van der Waals surface area contributed by atoms with Crippen LogP contribution in [0.25, 0.3) is 10.9 Å². The second-order valence-electron chi connectivity index (χ2n) is 9.00. The molecule has 0 radical (unpaired) electrons.